The molecular formula is C15H23ClN2. The normalized spacial score (nSPS) is 21.2. The Morgan fingerprint density at radius 2 is 2.22 bits per heavy atom. The molecule has 2 rings (SSSR count). The quantitative estimate of drug-likeness (QED) is 0.903. The predicted molar refractivity (Wildman–Crippen MR) is 77.7 cm³/mol. The van der Waals surface area contributed by atoms with Crippen molar-refractivity contribution in [1.29, 1.82) is 0 Å². The molecule has 18 heavy (non-hydrogen) atoms. The molecule has 2 nitrogen and oxygen atoms in total. The van der Waals surface area contributed by atoms with Gasteiger partial charge in [0.1, 0.15) is 0 Å². The van der Waals surface area contributed by atoms with Gasteiger partial charge in [-0.1, -0.05) is 37.1 Å². The molecule has 1 aliphatic heterocycles. The zero-order chi connectivity index (χ0) is 13.0. The monoisotopic (exact) mass is 266 g/mol. The summed E-state index contributed by atoms with van der Waals surface area (Å²) in [6, 6.07) is 6.95. The van der Waals surface area contributed by atoms with Gasteiger partial charge >= 0.3 is 0 Å². The van der Waals surface area contributed by atoms with Crippen molar-refractivity contribution in [3.63, 3.8) is 0 Å². The third kappa shape index (κ3) is 3.25. The number of likely N-dealkylation sites (tertiary alicyclic amines) is 1. The van der Waals surface area contributed by atoms with Gasteiger partial charge in [0.2, 0.25) is 0 Å². The number of rotatable bonds is 4. The molecule has 3 heteroatoms. The Balaban J connectivity index is 2.07. The molecule has 0 saturated carbocycles. The van der Waals surface area contributed by atoms with Gasteiger partial charge in [-0.2, -0.15) is 0 Å². The van der Waals surface area contributed by atoms with E-state index in [2.05, 4.69) is 24.0 Å². The zero-order valence-corrected chi connectivity index (χ0v) is 11.9. The van der Waals surface area contributed by atoms with Crippen LogP contribution in [-0.4, -0.2) is 17.5 Å². The fourth-order valence-corrected chi connectivity index (χ4v) is 3.06. The minimum absolute atomic E-state index is 0.557. The van der Waals surface area contributed by atoms with Crippen LogP contribution in [0.15, 0.2) is 18.2 Å². The number of nitrogens with zero attached hydrogens (tertiary/aromatic N) is 1. The summed E-state index contributed by atoms with van der Waals surface area (Å²) in [4.78, 5) is 2.58. The highest BCUT2D eigenvalue weighted by Crippen LogP contribution is 2.25. The third-order valence-electron chi connectivity index (χ3n) is 3.95. The maximum Gasteiger partial charge on any atom is 0.0454 e. The molecule has 0 radical (unpaired) electrons. The Bertz CT molecular complexity index is 392. The largest absolute Gasteiger partial charge is 0.326 e. The summed E-state index contributed by atoms with van der Waals surface area (Å²) in [5, 5.41) is 0.860. The molecule has 0 aromatic heterocycles. The molecule has 1 unspecified atom stereocenters. The van der Waals surface area contributed by atoms with Crippen molar-refractivity contribution in [1.82, 2.24) is 4.90 Å². The molecule has 1 aromatic carbocycles. The lowest BCUT2D eigenvalue weighted by Gasteiger charge is -2.35. The van der Waals surface area contributed by atoms with Crippen LogP contribution in [0.4, 0.5) is 0 Å². The Morgan fingerprint density at radius 3 is 2.89 bits per heavy atom. The predicted octanol–water partition coefficient (Wildman–Crippen LogP) is 3.56. The smallest absolute Gasteiger partial charge is 0.0454 e. The highest BCUT2D eigenvalue weighted by molar-refractivity contribution is 6.31. The van der Waals surface area contributed by atoms with E-state index in [1.54, 1.807) is 0 Å². The summed E-state index contributed by atoms with van der Waals surface area (Å²) in [5.74, 6) is 0. The van der Waals surface area contributed by atoms with E-state index in [1.165, 1.54) is 37.8 Å². The molecule has 1 aromatic rings. The summed E-state index contributed by atoms with van der Waals surface area (Å²) in [6.45, 7) is 5.01. The number of benzene rings is 1. The minimum Gasteiger partial charge on any atom is -0.326 e. The van der Waals surface area contributed by atoms with E-state index in [9.17, 15) is 0 Å². The summed E-state index contributed by atoms with van der Waals surface area (Å²) in [6.07, 6.45) is 5.25. The van der Waals surface area contributed by atoms with Crippen LogP contribution in [0.5, 0.6) is 0 Å². The van der Waals surface area contributed by atoms with Crippen molar-refractivity contribution in [3.8, 4) is 0 Å². The molecule has 2 N–H and O–H groups in total. The van der Waals surface area contributed by atoms with Crippen molar-refractivity contribution in [2.24, 2.45) is 5.73 Å². The average molecular weight is 267 g/mol. The molecule has 0 amide bonds. The fourth-order valence-electron chi connectivity index (χ4n) is 2.80. The fraction of sp³-hybridized carbons (Fsp3) is 0.600. The Kier molecular flexibility index (Phi) is 5.04. The maximum atomic E-state index is 6.34. The first kappa shape index (κ1) is 13.9. The lowest BCUT2D eigenvalue weighted by Crippen LogP contribution is -2.38. The van der Waals surface area contributed by atoms with E-state index < -0.39 is 0 Å². The van der Waals surface area contributed by atoms with Crippen LogP contribution in [0.3, 0.4) is 0 Å². The zero-order valence-electron chi connectivity index (χ0n) is 11.2. The first-order chi connectivity index (χ1) is 8.74. The van der Waals surface area contributed by atoms with Crippen LogP contribution in [0.2, 0.25) is 5.02 Å². The van der Waals surface area contributed by atoms with Crippen molar-refractivity contribution in [2.75, 3.05) is 6.54 Å². The van der Waals surface area contributed by atoms with Crippen molar-refractivity contribution in [3.05, 3.63) is 34.3 Å². The topological polar surface area (TPSA) is 29.3 Å². The van der Waals surface area contributed by atoms with Crippen molar-refractivity contribution < 1.29 is 0 Å². The Morgan fingerprint density at radius 1 is 1.39 bits per heavy atom. The molecule has 0 bridgehead atoms. The van der Waals surface area contributed by atoms with Crippen molar-refractivity contribution >= 4 is 11.6 Å². The summed E-state index contributed by atoms with van der Waals surface area (Å²) in [5.41, 5.74) is 7.96. The molecule has 100 valence electrons. The van der Waals surface area contributed by atoms with Crippen LogP contribution in [0, 0.1) is 0 Å². The maximum absolute atomic E-state index is 6.34. The number of piperidine rings is 1. The first-order valence-corrected chi connectivity index (χ1v) is 7.33. The number of hydrogen-bond donors (Lipinski definition) is 1. The van der Waals surface area contributed by atoms with Gasteiger partial charge in [0.25, 0.3) is 0 Å². The van der Waals surface area contributed by atoms with E-state index in [-0.39, 0.29) is 0 Å². The van der Waals surface area contributed by atoms with Gasteiger partial charge < -0.3 is 5.73 Å². The standard InChI is InChI=1S/C15H23ClN2/c1-2-14-5-3-4-8-18(14)11-13-7-6-12(10-17)9-15(13)16/h6-7,9,14H,2-5,8,10-11,17H2,1H3. The van der Waals surface area contributed by atoms with E-state index in [4.69, 9.17) is 17.3 Å². The van der Waals surface area contributed by atoms with Gasteiger partial charge in [-0.3, -0.25) is 4.90 Å². The number of hydrogen-bond acceptors (Lipinski definition) is 2. The van der Waals surface area contributed by atoms with E-state index in [1.807, 2.05) is 6.07 Å². The van der Waals surface area contributed by atoms with E-state index in [0.29, 0.717) is 6.54 Å². The van der Waals surface area contributed by atoms with Gasteiger partial charge in [-0.15, -0.1) is 0 Å². The van der Waals surface area contributed by atoms with Crippen molar-refractivity contribution in [2.45, 2.75) is 51.7 Å². The van der Waals surface area contributed by atoms with Crippen LogP contribution in [-0.2, 0) is 13.1 Å². The van der Waals surface area contributed by atoms with E-state index in [0.717, 1.165) is 23.2 Å². The molecule has 1 fully saturated rings. The Hall–Kier alpha value is -0.570. The first-order valence-electron chi connectivity index (χ1n) is 6.96. The second-order valence-corrected chi connectivity index (χ2v) is 5.57. The summed E-state index contributed by atoms with van der Waals surface area (Å²) >= 11 is 6.34. The minimum atomic E-state index is 0.557. The van der Waals surface area contributed by atoms with Crippen LogP contribution < -0.4 is 5.73 Å². The van der Waals surface area contributed by atoms with Gasteiger partial charge in [-0.25, -0.2) is 0 Å². The van der Waals surface area contributed by atoms with Gasteiger partial charge in [0.15, 0.2) is 0 Å². The van der Waals surface area contributed by atoms with Gasteiger partial charge in [0, 0.05) is 24.2 Å². The highest BCUT2D eigenvalue weighted by atomic mass is 35.5. The molecular weight excluding hydrogens is 244 g/mol. The molecule has 0 aliphatic carbocycles. The van der Waals surface area contributed by atoms with Crippen LogP contribution in [0.1, 0.15) is 43.7 Å². The lowest BCUT2D eigenvalue weighted by molar-refractivity contribution is 0.136. The second kappa shape index (κ2) is 6.55. The average Bonchev–Trinajstić information content (AvgIpc) is 2.41. The van der Waals surface area contributed by atoms with Crippen LogP contribution >= 0.6 is 11.6 Å². The van der Waals surface area contributed by atoms with Gasteiger partial charge in [-0.05, 0) is 43.0 Å². The number of nitrogens with two attached hydrogens (primary N) is 1. The molecule has 1 saturated heterocycles. The van der Waals surface area contributed by atoms with Crippen LogP contribution in [0.25, 0.3) is 0 Å². The molecule has 1 heterocycles. The second-order valence-electron chi connectivity index (χ2n) is 5.16. The summed E-state index contributed by atoms with van der Waals surface area (Å²) in [7, 11) is 0. The highest BCUT2D eigenvalue weighted by Gasteiger charge is 2.21. The summed E-state index contributed by atoms with van der Waals surface area (Å²) < 4.78 is 0. The lowest BCUT2D eigenvalue weighted by atomic mass is 9.99. The van der Waals surface area contributed by atoms with E-state index >= 15 is 0 Å². The SMILES string of the molecule is CCC1CCCCN1Cc1ccc(CN)cc1Cl. The Labute approximate surface area is 115 Å². The molecule has 0 spiro atoms. The molecule has 1 atom stereocenters. The van der Waals surface area contributed by atoms with Gasteiger partial charge in [0.05, 0.1) is 0 Å². The molecule has 1 aliphatic rings. The third-order valence-corrected chi connectivity index (χ3v) is 4.30. The number of halogens is 1.